The van der Waals surface area contributed by atoms with Crippen LogP contribution in [0.2, 0.25) is 5.02 Å². The summed E-state index contributed by atoms with van der Waals surface area (Å²) in [4.78, 5) is 70.9. The summed E-state index contributed by atoms with van der Waals surface area (Å²) in [6.45, 7) is 6.13. The van der Waals surface area contributed by atoms with Crippen molar-refractivity contribution in [2.24, 2.45) is 23.2 Å². The number of amides is 5. The van der Waals surface area contributed by atoms with E-state index in [-0.39, 0.29) is 53.1 Å². The fraction of sp³-hybridized carbons (Fsp3) is 0.476. The number of hydrogen-bond donors (Lipinski definition) is 2. The molecule has 2 aromatic carbocycles. The van der Waals surface area contributed by atoms with Gasteiger partial charge >= 0.3 is 0 Å². The Kier molecular flexibility index (Phi) is 9.09. The van der Waals surface area contributed by atoms with Gasteiger partial charge in [-0.3, -0.25) is 34.2 Å². The molecule has 59 heavy (non-hydrogen) atoms. The normalized spacial score (nSPS) is 28.1. The number of carbonyl (C=O) groups excluding carboxylic acids is 5. The summed E-state index contributed by atoms with van der Waals surface area (Å²) in [6.07, 6.45) is 3.20. The van der Waals surface area contributed by atoms with Crippen molar-refractivity contribution in [3.63, 3.8) is 0 Å². The van der Waals surface area contributed by atoms with Crippen LogP contribution in [0.5, 0.6) is 5.75 Å². The van der Waals surface area contributed by atoms with Gasteiger partial charge in [0.15, 0.2) is 11.5 Å². The summed E-state index contributed by atoms with van der Waals surface area (Å²) >= 11 is 6.14. The largest absolute Gasteiger partial charge is 0.490 e. The number of nitrogens with one attached hydrogen (secondary N) is 2. The Balaban J connectivity index is 0.652. The smallest absolute Gasteiger partial charge is 0.272 e. The number of fused-ring (bicyclic) bond motifs is 2. The van der Waals surface area contributed by atoms with Crippen LogP contribution < -0.4 is 25.2 Å². The molecule has 0 radical (unpaired) electrons. The first-order valence-corrected chi connectivity index (χ1v) is 20.6. The first-order chi connectivity index (χ1) is 28.5. The summed E-state index contributed by atoms with van der Waals surface area (Å²) in [5.74, 6) is -0.503. The van der Waals surface area contributed by atoms with Gasteiger partial charge in [-0.05, 0) is 86.3 Å². The second-order valence-corrected chi connectivity index (χ2v) is 17.7. The van der Waals surface area contributed by atoms with E-state index >= 15 is 4.39 Å². The van der Waals surface area contributed by atoms with Gasteiger partial charge < -0.3 is 24.8 Å². The van der Waals surface area contributed by atoms with E-state index in [0.29, 0.717) is 52.9 Å². The minimum Gasteiger partial charge on any atom is -0.490 e. The molecule has 2 N–H and O–H groups in total. The molecule has 15 nitrogen and oxygen atoms in total. The summed E-state index contributed by atoms with van der Waals surface area (Å²) < 4.78 is 21.5. The molecular formula is C42H41ClFN9O6. The van der Waals surface area contributed by atoms with Crippen LogP contribution in [0.15, 0.2) is 42.5 Å². The number of nitrogens with zero attached hydrogens (tertiary/aromatic N) is 7. The maximum absolute atomic E-state index is 15.4. The lowest BCUT2D eigenvalue weighted by molar-refractivity contribution is -0.136. The summed E-state index contributed by atoms with van der Waals surface area (Å²) in [6, 6.07) is 12.2. The van der Waals surface area contributed by atoms with E-state index in [9.17, 15) is 24.0 Å². The molecule has 3 aromatic rings. The zero-order valence-electron chi connectivity index (χ0n) is 32.0. The van der Waals surface area contributed by atoms with Crippen LogP contribution in [-0.2, 0) is 9.59 Å². The molecule has 0 bridgehead atoms. The number of hydrogen-bond acceptors (Lipinski definition) is 12. The number of nitriles is 1. The topological polar surface area (TPSA) is 181 Å². The molecule has 4 saturated heterocycles. The van der Waals surface area contributed by atoms with E-state index in [1.54, 1.807) is 24.3 Å². The third-order valence-electron chi connectivity index (χ3n) is 13.4. The van der Waals surface area contributed by atoms with Crippen molar-refractivity contribution in [2.45, 2.75) is 56.7 Å². The molecule has 4 atom stereocenters. The molecule has 2 aliphatic carbocycles. The number of anilines is 2. The van der Waals surface area contributed by atoms with E-state index in [1.807, 2.05) is 17.0 Å². The number of halogens is 2. The van der Waals surface area contributed by atoms with Crippen molar-refractivity contribution in [1.29, 1.82) is 5.26 Å². The number of likely N-dealkylation sites (tertiary alicyclic amines) is 1. The SMILES string of the molecule is N#Cc1ccc(OC2CCC(NC(=O)c3ccc(N4CC5(CN(CC6[C@H]7CN(c8cc9c(cc8F)C(=O)N(C8CCC(=O)NC8=O)C9=O)C[C@@H]67)C5)C4)nn3)CC2)cc1Cl. The number of aromatic nitrogens is 2. The van der Waals surface area contributed by atoms with Crippen molar-refractivity contribution >= 4 is 52.6 Å². The molecule has 2 unspecified atom stereocenters. The Morgan fingerprint density at radius 3 is 2.32 bits per heavy atom. The van der Waals surface area contributed by atoms with Gasteiger partial charge in [0.05, 0.1) is 33.5 Å². The van der Waals surface area contributed by atoms with Crippen molar-refractivity contribution < 1.29 is 33.1 Å². The summed E-state index contributed by atoms with van der Waals surface area (Å²) in [7, 11) is 0. The van der Waals surface area contributed by atoms with Crippen LogP contribution in [0.4, 0.5) is 15.9 Å². The highest BCUT2D eigenvalue weighted by Crippen LogP contribution is 2.55. The lowest BCUT2D eigenvalue weighted by atomic mass is 9.72. The van der Waals surface area contributed by atoms with Gasteiger partial charge in [-0.2, -0.15) is 5.26 Å². The minimum absolute atomic E-state index is 0.0117. The van der Waals surface area contributed by atoms with Crippen LogP contribution in [-0.4, -0.2) is 114 Å². The fourth-order valence-electron chi connectivity index (χ4n) is 10.3. The van der Waals surface area contributed by atoms with Gasteiger partial charge in [0.2, 0.25) is 11.8 Å². The Bertz CT molecular complexity index is 2320. The summed E-state index contributed by atoms with van der Waals surface area (Å²) in [5, 5.41) is 23.4. The second kappa shape index (κ2) is 14.3. The van der Waals surface area contributed by atoms with Crippen molar-refractivity contribution in [2.75, 3.05) is 55.6 Å². The van der Waals surface area contributed by atoms with Gasteiger partial charge in [-0.1, -0.05) is 11.6 Å². The van der Waals surface area contributed by atoms with Gasteiger partial charge in [0, 0.05) is 69.8 Å². The van der Waals surface area contributed by atoms with E-state index in [2.05, 4.69) is 30.6 Å². The number of piperidine rings is 2. The average Bonchev–Trinajstić information content (AvgIpc) is 3.50. The number of benzene rings is 2. The highest BCUT2D eigenvalue weighted by atomic mass is 35.5. The maximum Gasteiger partial charge on any atom is 0.272 e. The fourth-order valence-corrected chi connectivity index (χ4v) is 10.6. The Hall–Kier alpha value is -5.66. The Morgan fingerprint density at radius 1 is 0.932 bits per heavy atom. The van der Waals surface area contributed by atoms with Crippen LogP contribution in [0.3, 0.4) is 0 Å². The zero-order valence-corrected chi connectivity index (χ0v) is 32.8. The molecule has 6 heterocycles. The molecule has 304 valence electrons. The second-order valence-electron chi connectivity index (χ2n) is 17.3. The zero-order chi connectivity index (χ0) is 40.7. The highest BCUT2D eigenvalue weighted by molar-refractivity contribution is 6.31. The predicted molar refractivity (Wildman–Crippen MR) is 209 cm³/mol. The first-order valence-electron chi connectivity index (χ1n) is 20.2. The molecule has 2 saturated carbocycles. The highest BCUT2D eigenvalue weighted by Gasteiger charge is 2.59. The molecule has 17 heteroatoms. The van der Waals surface area contributed by atoms with E-state index in [1.165, 1.54) is 6.07 Å². The molecular weight excluding hydrogens is 781 g/mol. The van der Waals surface area contributed by atoms with Gasteiger partial charge in [0.25, 0.3) is 17.7 Å². The first kappa shape index (κ1) is 37.6. The number of rotatable bonds is 9. The standard InChI is InChI=1S/C42H41ClFN9O6/c43-31-11-25(4-1-22(31)14-45)59-24-5-2-23(3-6-24)46-38(55)33-7-9-36(49-48-33)52-20-42(21-52)18-50(19-42)15-28-29-16-51(17-30(28)29)35-13-27-26(12-32(35)44)40(57)53(41(27)58)34-8-10-37(54)47-39(34)56/h1,4,7,9,11-13,23-24,28-30,34H,2-3,5-6,8,10,15-21H2,(H,46,55)(H,47,54,56)/t23?,24?,28?,29-,30+,34?. The van der Waals surface area contributed by atoms with E-state index < -0.39 is 35.5 Å². The molecule has 7 aliphatic rings. The molecule has 6 fully saturated rings. The number of carbonyl (C=O) groups is 5. The number of imide groups is 2. The Labute approximate surface area is 343 Å². The van der Waals surface area contributed by atoms with E-state index in [0.717, 1.165) is 75.2 Å². The van der Waals surface area contributed by atoms with Crippen LogP contribution in [0.1, 0.15) is 75.3 Å². The van der Waals surface area contributed by atoms with Crippen LogP contribution >= 0.6 is 11.6 Å². The molecule has 5 aliphatic heterocycles. The van der Waals surface area contributed by atoms with Gasteiger partial charge in [-0.25, -0.2) is 4.39 Å². The van der Waals surface area contributed by atoms with Gasteiger partial charge in [0.1, 0.15) is 23.7 Å². The van der Waals surface area contributed by atoms with Crippen molar-refractivity contribution in [1.82, 2.24) is 30.6 Å². The van der Waals surface area contributed by atoms with Crippen LogP contribution in [0.25, 0.3) is 0 Å². The van der Waals surface area contributed by atoms with Gasteiger partial charge in [-0.15, -0.1) is 10.2 Å². The molecule has 1 spiro atoms. The number of ether oxygens (including phenoxy) is 1. The van der Waals surface area contributed by atoms with E-state index in [4.69, 9.17) is 21.6 Å². The van der Waals surface area contributed by atoms with Crippen LogP contribution in [0, 0.1) is 40.3 Å². The summed E-state index contributed by atoms with van der Waals surface area (Å²) in [5.41, 5.74) is 1.26. The third kappa shape index (κ3) is 6.73. The monoisotopic (exact) mass is 821 g/mol. The molecule has 5 amide bonds. The molecule has 10 rings (SSSR count). The predicted octanol–water partition coefficient (Wildman–Crippen LogP) is 3.17. The quantitative estimate of drug-likeness (QED) is 0.302. The van der Waals surface area contributed by atoms with Crippen molar-refractivity contribution in [3.05, 3.63) is 75.7 Å². The Morgan fingerprint density at radius 2 is 1.66 bits per heavy atom. The third-order valence-corrected chi connectivity index (χ3v) is 13.8. The minimum atomic E-state index is -1.09. The molecule has 1 aromatic heterocycles. The lowest BCUT2D eigenvalue weighted by Crippen LogP contribution is -2.72. The average molecular weight is 822 g/mol. The maximum atomic E-state index is 15.4. The lowest BCUT2D eigenvalue weighted by Gasteiger charge is -2.60. The van der Waals surface area contributed by atoms with Crippen molar-refractivity contribution in [3.8, 4) is 11.8 Å².